The predicted octanol–water partition coefficient (Wildman–Crippen LogP) is 14.8. The van der Waals surface area contributed by atoms with E-state index in [4.69, 9.17) is 9.05 Å². The maximum absolute atomic E-state index is 12.9. The van der Waals surface area contributed by atoms with Gasteiger partial charge in [0.15, 0.2) is 0 Å². The lowest BCUT2D eigenvalue weighted by atomic mass is 10.1. The van der Waals surface area contributed by atoms with Gasteiger partial charge in [0.05, 0.1) is 39.9 Å². The number of rotatable bonds is 45. The second kappa shape index (κ2) is 47.0. The Morgan fingerprint density at radius 3 is 1.41 bits per heavy atom. The van der Waals surface area contributed by atoms with Gasteiger partial charge >= 0.3 is 0 Å². The van der Waals surface area contributed by atoms with Crippen LogP contribution < -0.4 is 10.2 Å². The summed E-state index contributed by atoms with van der Waals surface area (Å²) in [6.07, 6.45) is 69.8. The molecule has 376 valence electrons. The zero-order valence-electron chi connectivity index (χ0n) is 42.6. The lowest BCUT2D eigenvalue weighted by Crippen LogP contribution is -2.45. The molecule has 0 saturated carbocycles. The van der Waals surface area contributed by atoms with Crippen molar-refractivity contribution in [2.75, 3.05) is 40.9 Å². The third kappa shape index (κ3) is 48.8. The van der Waals surface area contributed by atoms with E-state index in [0.29, 0.717) is 17.4 Å². The molecule has 1 amide bonds. The highest BCUT2D eigenvalue weighted by Crippen LogP contribution is 2.38. The van der Waals surface area contributed by atoms with Gasteiger partial charge in [-0.1, -0.05) is 200 Å². The highest BCUT2D eigenvalue weighted by atomic mass is 31.2. The molecule has 0 aromatic heterocycles. The van der Waals surface area contributed by atoms with Crippen LogP contribution in [0.15, 0.2) is 122 Å². The first-order valence-electron chi connectivity index (χ1n) is 25.9. The molecule has 0 aromatic carbocycles. The molecule has 0 heterocycles. The number of aliphatic hydroxyl groups excluding tert-OH is 1. The second-order valence-electron chi connectivity index (χ2n) is 18.1. The maximum atomic E-state index is 12.9. The van der Waals surface area contributed by atoms with Crippen molar-refractivity contribution in [3.05, 3.63) is 122 Å². The van der Waals surface area contributed by atoms with Gasteiger partial charge in [0.2, 0.25) is 5.91 Å². The second-order valence-corrected chi connectivity index (χ2v) is 19.5. The van der Waals surface area contributed by atoms with Crippen molar-refractivity contribution >= 4 is 13.7 Å². The summed E-state index contributed by atoms with van der Waals surface area (Å²) in [7, 11) is 1.19. The fraction of sp³-hybridized carbons (Fsp3) is 0.632. The van der Waals surface area contributed by atoms with Crippen molar-refractivity contribution in [2.24, 2.45) is 0 Å². The van der Waals surface area contributed by atoms with E-state index < -0.39 is 26.6 Å². The molecule has 3 unspecified atom stereocenters. The number of quaternary nitrogens is 1. The van der Waals surface area contributed by atoms with Crippen molar-refractivity contribution in [1.82, 2.24) is 5.32 Å². The summed E-state index contributed by atoms with van der Waals surface area (Å²) in [6, 6.07) is -0.936. The number of hydrogen-bond acceptors (Lipinski definition) is 6. The first-order valence-corrected chi connectivity index (χ1v) is 27.4. The number of amides is 1. The number of unbranched alkanes of at least 4 members (excludes halogenated alkanes) is 14. The smallest absolute Gasteiger partial charge is 0.268 e. The van der Waals surface area contributed by atoms with Gasteiger partial charge in [-0.15, -0.1) is 0 Å². The zero-order chi connectivity index (χ0) is 48.5. The van der Waals surface area contributed by atoms with Crippen LogP contribution in [0.2, 0.25) is 0 Å². The third-order valence-electron chi connectivity index (χ3n) is 10.7. The summed E-state index contributed by atoms with van der Waals surface area (Å²) < 4.78 is 23.2. The molecule has 0 fully saturated rings. The summed E-state index contributed by atoms with van der Waals surface area (Å²) in [5.74, 6) is -0.255. The average Bonchev–Trinajstić information content (AvgIpc) is 3.28. The molecule has 0 aliphatic carbocycles. The lowest BCUT2D eigenvalue weighted by molar-refractivity contribution is -0.870. The number of likely N-dealkylation sites (N-methyl/N-ethyl adjacent to an activating group) is 1. The molecule has 0 aliphatic heterocycles. The molecule has 8 nitrogen and oxygen atoms in total. The van der Waals surface area contributed by atoms with E-state index >= 15 is 0 Å². The summed E-state index contributed by atoms with van der Waals surface area (Å²) >= 11 is 0. The van der Waals surface area contributed by atoms with Gasteiger partial charge in [-0.3, -0.25) is 9.36 Å². The van der Waals surface area contributed by atoms with Crippen LogP contribution in [-0.2, 0) is 18.4 Å². The molecule has 0 bridgehead atoms. The van der Waals surface area contributed by atoms with Crippen LogP contribution in [0.4, 0.5) is 0 Å². The summed E-state index contributed by atoms with van der Waals surface area (Å²) in [6.45, 7) is 4.46. The zero-order valence-corrected chi connectivity index (χ0v) is 43.5. The van der Waals surface area contributed by atoms with E-state index in [2.05, 4.69) is 129 Å². The Bertz CT molecular complexity index is 1480. The molecule has 0 aromatic rings. The summed E-state index contributed by atoms with van der Waals surface area (Å²) in [5, 5.41) is 13.8. The van der Waals surface area contributed by atoms with Gasteiger partial charge in [0.1, 0.15) is 13.2 Å². The van der Waals surface area contributed by atoms with Crippen LogP contribution in [-0.4, -0.2) is 68.5 Å². The van der Waals surface area contributed by atoms with Crippen LogP contribution in [0, 0.1) is 0 Å². The quantitative estimate of drug-likeness (QED) is 0.0273. The van der Waals surface area contributed by atoms with Gasteiger partial charge < -0.3 is 28.8 Å². The molecular weight excluding hydrogens is 840 g/mol. The summed E-state index contributed by atoms with van der Waals surface area (Å²) in [4.78, 5) is 25.4. The molecule has 9 heteroatoms. The number of carbonyl (C=O) groups is 1. The molecule has 0 rings (SSSR count). The van der Waals surface area contributed by atoms with E-state index in [1.165, 1.54) is 70.6 Å². The molecule has 3 atom stereocenters. The number of nitrogens with zero attached hydrogens (tertiary/aromatic N) is 1. The lowest BCUT2D eigenvalue weighted by Gasteiger charge is -2.29. The number of phosphoric ester groups is 1. The van der Waals surface area contributed by atoms with E-state index in [1.54, 1.807) is 6.08 Å². The van der Waals surface area contributed by atoms with Gasteiger partial charge in [0, 0.05) is 6.42 Å². The highest BCUT2D eigenvalue weighted by Gasteiger charge is 2.23. The van der Waals surface area contributed by atoms with E-state index in [1.807, 2.05) is 27.2 Å². The van der Waals surface area contributed by atoms with Crippen LogP contribution in [0.25, 0.3) is 0 Å². The van der Waals surface area contributed by atoms with Crippen molar-refractivity contribution in [1.29, 1.82) is 0 Å². The van der Waals surface area contributed by atoms with Gasteiger partial charge in [-0.25, -0.2) is 0 Å². The Labute approximate surface area is 405 Å². The largest absolute Gasteiger partial charge is 0.756 e. The molecule has 0 radical (unpaired) electrons. The predicted molar refractivity (Wildman–Crippen MR) is 283 cm³/mol. The minimum Gasteiger partial charge on any atom is -0.756 e. The molecule has 0 saturated heterocycles. The van der Waals surface area contributed by atoms with Gasteiger partial charge in [0.25, 0.3) is 7.82 Å². The number of aliphatic hydroxyl groups is 1. The van der Waals surface area contributed by atoms with Gasteiger partial charge in [-0.2, -0.15) is 0 Å². The number of phosphoric acid groups is 1. The molecule has 66 heavy (non-hydrogen) atoms. The van der Waals surface area contributed by atoms with Gasteiger partial charge in [-0.05, 0) is 96.3 Å². The minimum atomic E-state index is -4.62. The Hall–Kier alpha value is -3.10. The van der Waals surface area contributed by atoms with E-state index in [0.717, 1.165) is 83.5 Å². The van der Waals surface area contributed by atoms with Crippen molar-refractivity contribution < 1.29 is 32.9 Å². The Morgan fingerprint density at radius 2 is 0.939 bits per heavy atom. The molecule has 2 N–H and O–H groups in total. The number of allylic oxidation sites excluding steroid dienone is 19. The minimum absolute atomic E-state index is 0.0222. The first-order chi connectivity index (χ1) is 32.0. The number of hydrogen-bond donors (Lipinski definition) is 2. The third-order valence-corrected chi connectivity index (χ3v) is 11.6. The normalized spacial score (nSPS) is 15.1. The molecular formula is C57H97N2O6P. The van der Waals surface area contributed by atoms with Crippen LogP contribution >= 0.6 is 7.82 Å². The van der Waals surface area contributed by atoms with Crippen molar-refractivity contribution in [3.8, 4) is 0 Å². The fourth-order valence-electron chi connectivity index (χ4n) is 6.59. The Morgan fingerprint density at radius 1 is 0.545 bits per heavy atom. The van der Waals surface area contributed by atoms with Crippen LogP contribution in [0.1, 0.15) is 181 Å². The van der Waals surface area contributed by atoms with E-state index in [9.17, 15) is 19.4 Å². The monoisotopic (exact) mass is 937 g/mol. The Kier molecular flexibility index (Phi) is 44.8. The number of nitrogens with one attached hydrogen (secondary N) is 1. The van der Waals surface area contributed by atoms with Crippen LogP contribution in [0.5, 0.6) is 0 Å². The molecule has 0 spiro atoms. The Balaban J connectivity index is 4.47. The topological polar surface area (TPSA) is 108 Å². The molecule has 0 aliphatic rings. The standard InChI is InChI=1S/C57H97N2O6P/c1-6-8-10-12-14-16-18-20-22-24-25-26-27-28-29-30-31-32-33-35-37-39-41-43-45-47-49-51-57(61)58-55(54-65-66(62,63)64-53-52-59(3,4)5)56(60)50-48-46-44-42-40-38-36-34-23-21-19-17-15-13-11-9-7-2/h8,10,14,16,20,22,25-26,28-29,31-32,35,37,40-43,48,50,55-56,60H,6-7,9,11-13,15,17-19,21,23-24,27,30,33-34,36,38-39,44-47,49,51-54H2,1-5H3,(H-,58,61,62,63)/b10-8-,16-14-,22-20-,26-25-,29-28-,32-31-,37-35-,42-40+,43-41-,50-48+. The summed E-state index contributed by atoms with van der Waals surface area (Å²) in [5.41, 5.74) is 0. The van der Waals surface area contributed by atoms with Crippen molar-refractivity contribution in [3.63, 3.8) is 0 Å². The average molecular weight is 937 g/mol. The van der Waals surface area contributed by atoms with E-state index in [-0.39, 0.29) is 18.9 Å². The number of carbonyl (C=O) groups excluding carboxylic acids is 1. The maximum Gasteiger partial charge on any atom is 0.268 e. The SMILES string of the molecule is CC/C=C\C/C=C\C/C=C\C/C=C\C/C=C\C/C=C\C/C=C\C/C=C\CCCCC(=O)NC(COP(=O)([O-])OCC[N+](C)(C)C)C(O)/C=C/CC/C=C/CCCCCCCCCCCCC. The van der Waals surface area contributed by atoms with Crippen LogP contribution in [0.3, 0.4) is 0 Å². The highest BCUT2D eigenvalue weighted by molar-refractivity contribution is 7.45. The first kappa shape index (κ1) is 62.9. The van der Waals surface area contributed by atoms with Crippen molar-refractivity contribution in [2.45, 2.75) is 193 Å². The fourth-order valence-corrected chi connectivity index (χ4v) is 7.32.